The first kappa shape index (κ1) is 29.5. The molecule has 0 aliphatic heterocycles. The Kier molecular flexibility index (Phi) is 7.88. The maximum atomic E-state index is 11.9. The molecule has 5 rings (SSSR count). The first-order valence-electron chi connectivity index (χ1n) is 16.1. The zero-order valence-corrected chi connectivity index (χ0v) is 25.7. The van der Waals surface area contributed by atoms with E-state index in [4.69, 9.17) is 0 Å². The Bertz CT molecular complexity index is 993. The predicted molar refractivity (Wildman–Crippen MR) is 159 cm³/mol. The maximum absolute atomic E-state index is 11.9. The smallest absolute Gasteiger partial charge is 0.0652 e. The van der Waals surface area contributed by atoms with Crippen LogP contribution in [-0.2, 0) is 6.42 Å². The van der Waals surface area contributed by atoms with Gasteiger partial charge >= 0.3 is 0 Å². The number of hydrogen-bond donors (Lipinski definition) is 4. The van der Waals surface area contributed by atoms with Gasteiger partial charge in [-0.2, -0.15) is 0 Å². The molecule has 4 heteroatoms. The Labute approximate surface area is 238 Å². The summed E-state index contributed by atoms with van der Waals surface area (Å²) in [5.41, 5.74) is 0.864. The van der Waals surface area contributed by atoms with E-state index in [9.17, 15) is 15.3 Å². The Balaban J connectivity index is 1.26. The molecule has 0 aromatic heterocycles. The van der Waals surface area contributed by atoms with Crippen molar-refractivity contribution in [2.45, 2.75) is 124 Å². The van der Waals surface area contributed by atoms with E-state index in [1.54, 1.807) is 0 Å². The van der Waals surface area contributed by atoms with Crippen LogP contribution in [0.15, 0.2) is 30.3 Å². The first-order valence-corrected chi connectivity index (χ1v) is 16.1. The molecular weight excluding hydrogens is 482 g/mol. The second kappa shape index (κ2) is 10.4. The summed E-state index contributed by atoms with van der Waals surface area (Å²) in [6.07, 6.45) is 9.42. The third-order valence-electron chi connectivity index (χ3n) is 13.6. The molecule has 0 amide bonds. The lowest BCUT2D eigenvalue weighted by molar-refractivity contribution is -0.246. The zero-order valence-electron chi connectivity index (χ0n) is 25.7. The van der Waals surface area contributed by atoms with Gasteiger partial charge in [0.1, 0.15) is 0 Å². The van der Waals surface area contributed by atoms with E-state index in [0.717, 1.165) is 64.5 Å². The molecule has 4 aliphatic rings. The van der Waals surface area contributed by atoms with Crippen molar-refractivity contribution in [2.24, 2.45) is 45.3 Å². The number of fused-ring (bicyclic) bond motifs is 5. The lowest BCUT2D eigenvalue weighted by Gasteiger charge is -2.70. The lowest BCUT2D eigenvalue weighted by atomic mass is 9.35. The van der Waals surface area contributed by atoms with E-state index in [1.165, 1.54) is 18.4 Å². The molecule has 4 saturated carbocycles. The second-order valence-corrected chi connectivity index (χ2v) is 15.8. The van der Waals surface area contributed by atoms with Crippen LogP contribution in [0.1, 0.15) is 105 Å². The van der Waals surface area contributed by atoms with Gasteiger partial charge in [-0.25, -0.2) is 0 Å². The highest BCUT2D eigenvalue weighted by atomic mass is 16.3. The van der Waals surface area contributed by atoms with Crippen LogP contribution >= 0.6 is 0 Å². The van der Waals surface area contributed by atoms with Crippen LogP contribution in [0.5, 0.6) is 0 Å². The standard InChI is InChI=1S/C35H57NO3/c1-31(2)27-14-20-33(4)28(32(27,3)18-15-29(31)38)23-26(37)30-25(13-19-34(30,33)5)35(6,39)17-10-21-36-22-16-24-11-8-7-9-12-24/h7-9,11-12,25-30,36-39H,10,13-23H2,1-6H3/t25-,26+,27?,28?,29-,30?,32-,33+,34+,35-/m0/s1. The van der Waals surface area contributed by atoms with Crippen molar-refractivity contribution in [1.29, 1.82) is 0 Å². The van der Waals surface area contributed by atoms with Crippen LogP contribution in [0.3, 0.4) is 0 Å². The minimum atomic E-state index is -0.758. The van der Waals surface area contributed by atoms with Gasteiger partial charge in [0.15, 0.2) is 0 Å². The molecule has 10 atom stereocenters. The van der Waals surface area contributed by atoms with Gasteiger partial charge in [0.25, 0.3) is 0 Å². The highest BCUT2D eigenvalue weighted by Crippen LogP contribution is 2.75. The van der Waals surface area contributed by atoms with Crippen molar-refractivity contribution in [2.75, 3.05) is 13.1 Å². The van der Waals surface area contributed by atoms with Gasteiger partial charge in [0.05, 0.1) is 17.8 Å². The normalized spacial score (nSPS) is 44.6. The predicted octanol–water partition coefficient (Wildman–Crippen LogP) is 6.37. The highest BCUT2D eigenvalue weighted by Gasteiger charge is 2.71. The molecule has 0 heterocycles. The van der Waals surface area contributed by atoms with Crippen LogP contribution < -0.4 is 5.32 Å². The summed E-state index contributed by atoms with van der Waals surface area (Å²) < 4.78 is 0. The summed E-state index contributed by atoms with van der Waals surface area (Å²) >= 11 is 0. The summed E-state index contributed by atoms with van der Waals surface area (Å²) in [5, 5.41) is 38.3. The summed E-state index contributed by atoms with van der Waals surface area (Å²) in [7, 11) is 0. The fourth-order valence-corrected chi connectivity index (χ4v) is 11.2. The van der Waals surface area contributed by atoms with E-state index in [1.807, 2.05) is 0 Å². The Morgan fingerprint density at radius 2 is 1.56 bits per heavy atom. The molecule has 4 aliphatic carbocycles. The van der Waals surface area contributed by atoms with Gasteiger partial charge in [-0.1, -0.05) is 65.0 Å². The topological polar surface area (TPSA) is 72.7 Å². The van der Waals surface area contributed by atoms with Crippen LogP contribution in [0, 0.1) is 45.3 Å². The third kappa shape index (κ3) is 4.74. The Morgan fingerprint density at radius 1 is 0.872 bits per heavy atom. The summed E-state index contributed by atoms with van der Waals surface area (Å²) in [6.45, 7) is 16.0. The number of aliphatic hydroxyl groups is 3. The van der Waals surface area contributed by atoms with E-state index in [2.05, 4.69) is 77.2 Å². The molecule has 4 N–H and O–H groups in total. The number of aliphatic hydroxyl groups excluding tert-OH is 2. The summed E-state index contributed by atoms with van der Waals surface area (Å²) in [5.74, 6) is 1.26. The first-order chi connectivity index (χ1) is 18.3. The molecular formula is C35H57NO3. The minimum Gasteiger partial charge on any atom is -0.393 e. The molecule has 3 unspecified atom stereocenters. The van der Waals surface area contributed by atoms with E-state index < -0.39 is 5.60 Å². The molecule has 4 nitrogen and oxygen atoms in total. The van der Waals surface area contributed by atoms with Crippen LogP contribution in [0.25, 0.3) is 0 Å². The van der Waals surface area contributed by atoms with Gasteiger partial charge < -0.3 is 20.6 Å². The van der Waals surface area contributed by atoms with Crippen molar-refractivity contribution in [3.05, 3.63) is 35.9 Å². The van der Waals surface area contributed by atoms with Gasteiger partial charge in [-0.15, -0.1) is 0 Å². The quantitative estimate of drug-likeness (QED) is 0.290. The number of hydrogen-bond acceptors (Lipinski definition) is 4. The number of benzene rings is 1. The largest absolute Gasteiger partial charge is 0.393 e. The van der Waals surface area contributed by atoms with Crippen LogP contribution in [0.2, 0.25) is 0 Å². The molecule has 220 valence electrons. The molecule has 0 saturated heterocycles. The van der Waals surface area contributed by atoms with Crippen LogP contribution in [-0.4, -0.2) is 46.2 Å². The molecule has 0 radical (unpaired) electrons. The molecule has 39 heavy (non-hydrogen) atoms. The Morgan fingerprint density at radius 3 is 2.28 bits per heavy atom. The fraction of sp³-hybridized carbons (Fsp3) is 0.829. The molecule has 4 fully saturated rings. The van der Waals surface area contributed by atoms with E-state index in [0.29, 0.717) is 11.8 Å². The summed E-state index contributed by atoms with van der Waals surface area (Å²) in [4.78, 5) is 0. The fourth-order valence-electron chi connectivity index (χ4n) is 11.2. The van der Waals surface area contributed by atoms with Crippen molar-refractivity contribution < 1.29 is 15.3 Å². The SMILES string of the molecule is CC1(C)C2CC[C@]3(C)C(C[C@@H](O)C4[C@@H]([C@@](C)(O)CCCNCCc5ccccc5)CC[C@]43C)[C@@]2(C)CC[C@@H]1O. The molecule has 0 bridgehead atoms. The average molecular weight is 540 g/mol. The molecule has 1 aromatic carbocycles. The van der Waals surface area contributed by atoms with E-state index in [-0.39, 0.29) is 45.7 Å². The van der Waals surface area contributed by atoms with Gasteiger partial charge in [-0.3, -0.25) is 0 Å². The summed E-state index contributed by atoms with van der Waals surface area (Å²) in [6, 6.07) is 10.6. The van der Waals surface area contributed by atoms with Gasteiger partial charge in [0.2, 0.25) is 0 Å². The molecule has 0 spiro atoms. The maximum Gasteiger partial charge on any atom is 0.0652 e. The highest BCUT2D eigenvalue weighted by molar-refractivity contribution is 5.20. The van der Waals surface area contributed by atoms with Crippen molar-refractivity contribution in [3.8, 4) is 0 Å². The van der Waals surface area contributed by atoms with Gasteiger partial charge in [0, 0.05) is 0 Å². The monoisotopic (exact) mass is 539 g/mol. The Hall–Kier alpha value is -0.940. The lowest BCUT2D eigenvalue weighted by Crippen LogP contribution is -2.66. The minimum absolute atomic E-state index is 0.0338. The average Bonchev–Trinajstić information content (AvgIpc) is 3.27. The number of nitrogens with one attached hydrogen (secondary N) is 1. The van der Waals surface area contributed by atoms with Gasteiger partial charge in [-0.05, 0) is 135 Å². The molecule has 1 aromatic rings. The zero-order chi connectivity index (χ0) is 28.3. The van der Waals surface area contributed by atoms with Crippen LogP contribution in [0.4, 0.5) is 0 Å². The van der Waals surface area contributed by atoms with Crippen molar-refractivity contribution in [1.82, 2.24) is 5.32 Å². The number of rotatable bonds is 8. The van der Waals surface area contributed by atoms with Crippen molar-refractivity contribution in [3.63, 3.8) is 0 Å². The third-order valence-corrected chi connectivity index (χ3v) is 13.6. The van der Waals surface area contributed by atoms with E-state index >= 15 is 0 Å². The second-order valence-electron chi connectivity index (χ2n) is 15.8. The van der Waals surface area contributed by atoms with Crippen molar-refractivity contribution >= 4 is 0 Å².